The van der Waals surface area contributed by atoms with Gasteiger partial charge in [0.2, 0.25) is 0 Å². The van der Waals surface area contributed by atoms with Gasteiger partial charge in [0.05, 0.1) is 10.2 Å². The summed E-state index contributed by atoms with van der Waals surface area (Å²) in [6.45, 7) is 0.548. The summed E-state index contributed by atoms with van der Waals surface area (Å²) in [4.78, 5) is 0.921. The van der Waals surface area contributed by atoms with Crippen LogP contribution in [0.5, 0.6) is 0 Å². The van der Waals surface area contributed by atoms with Crippen molar-refractivity contribution in [2.45, 2.75) is 19.5 Å². The second-order valence-corrected chi connectivity index (χ2v) is 5.00. The maximum absolute atomic E-state index is 14.2. The minimum Gasteiger partial charge on any atom is -0.384 e. The molecule has 0 saturated heterocycles. The number of halogens is 5. The number of nitrogens with zero attached hydrogens (tertiary/aromatic N) is 1. The van der Waals surface area contributed by atoms with E-state index in [9.17, 15) is 17.6 Å². The van der Waals surface area contributed by atoms with Crippen LogP contribution in [0.25, 0.3) is 0 Å². The molecule has 0 aliphatic heterocycles. The summed E-state index contributed by atoms with van der Waals surface area (Å²) in [5.41, 5.74) is 5.20. The third kappa shape index (κ3) is 4.09. The van der Waals surface area contributed by atoms with E-state index in [0.717, 1.165) is 4.90 Å². The Bertz CT molecular complexity index is 502. The van der Waals surface area contributed by atoms with Gasteiger partial charge in [0, 0.05) is 12.1 Å². The van der Waals surface area contributed by atoms with Crippen molar-refractivity contribution in [2.75, 3.05) is 18.0 Å². The van der Waals surface area contributed by atoms with Gasteiger partial charge in [0.1, 0.15) is 12.4 Å². The second kappa shape index (κ2) is 6.43. The first kappa shape index (κ1) is 16.7. The van der Waals surface area contributed by atoms with E-state index in [2.05, 4.69) is 15.9 Å². The van der Waals surface area contributed by atoms with E-state index in [4.69, 9.17) is 11.1 Å². The van der Waals surface area contributed by atoms with Crippen LogP contribution in [0.4, 0.5) is 23.2 Å². The molecule has 8 heteroatoms. The van der Waals surface area contributed by atoms with Crippen molar-refractivity contribution in [2.24, 2.45) is 5.73 Å². The predicted molar refractivity (Wildman–Crippen MR) is 73.7 cm³/mol. The highest BCUT2D eigenvalue weighted by Gasteiger charge is 2.32. The van der Waals surface area contributed by atoms with E-state index in [0.29, 0.717) is 6.42 Å². The van der Waals surface area contributed by atoms with Gasteiger partial charge in [0.25, 0.3) is 0 Å². The van der Waals surface area contributed by atoms with E-state index < -0.39 is 18.5 Å². The molecule has 1 rings (SSSR count). The van der Waals surface area contributed by atoms with Crippen molar-refractivity contribution in [3.05, 3.63) is 28.0 Å². The molecule has 0 spiro atoms. The van der Waals surface area contributed by atoms with Gasteiger partial charge in [-0.05, 0) is 34.5 Å². The van der Waals surface area contributed by atoms with Crippen LogP contribution >= 0.6 is 15.9 Å². The van der Waals surface area contributed by atoms with Crippen molar-refractivity contribution in [1.29, 1.82) is 5.41 Å². The Balaban J connectivity index is 3.21. The fourth-order valence-electron chi connectivity index (χ4n) is 1.76. The zero-order valence-corrected chi connectivity index (χ0v) is 12.3. The van der Waals surface area contributed by atoms with E-state index in [1.54, 1.807) is 6.92 Å². The standard InChI is InChI=1S/C12H14BrF4N3/c1-2-5-20(6-12(15,16)17)8-4-3-7(11(18)19)9(13)10(8)14/h3-4H,2,5-6H2,1H3,(H3,18,19). The lowest BCUT2D eigenvalue weighted by atomic mass is 10.1. The largest absolute Gasteiger partial charge is 0.405 e. The van der Waals surface area contributed by atoms with Gasteiger partial charge in [0.15, 0.2) is 5.82 Å². The Morgan fingerprint density at radius 3 is 2.45 bits per heavy atom. The molecule has 0 aromatic heterocycles. The maximum atomic E-state index is 14.2. The highest BCUT2D eigenvalue weighted by atomic mass is 79.9. The summed E-state index contributed by atoms with van der Waals surface area (Å²) in [5, 5.41) is 7.26. The molecule has 1 aromatic rings. The highest BCUT2D eigenvalue weighted by molar-refractivity contribution is 9.10. The molecule has 0 bridgehead atoms. The third-order valence-electron chi connectivity index (χ3n) is 2.56. The minimum atomic E-state index is -4.42. The molecule has 1 aromatic carbocycles. The van der Waals surface area contributed by atoms with Gasteiger partial charge in [-0.25, -0.2) is 4.39 Å². The van der Waals surface area contributed by atoms with Crippen LogP contribution < -0.4 is 10.6 Å². The van der Waals surface area contributed by atoms with Gasteiger partial charge in [-0.1, -0.05) is 6.92 Å². The number of benzene rings is 1. The Morgan fingerprint density at radius 2 is 2.00 bits per heavy atom. The molecule has 0 heterocycles. The number of alkyl halides is 3. The van der Waals surface area contributed by atoms with Crippen LogP contribution in [0, 0.1) is 11.2 Å². The Hall–Kier alpha value is -1.31. The predicted octanol–water partition coefficient (Wildman–Crippen LogP) is 3.65. The quantitative estimate of drug-likeness (QED) is 0.481. The van der Waals surface area contributed by atoms with Crippen molar-refractivity contribution in [3.8, 4) is 0 Å². The molecule has 0 unspecified atom stereocenters. The Kier molecular flexibility index (Phi) is 5.38. The van der Waals surface area contributed by atoms with Crippen molar-refractivity contribution < 1.29 is 17.6 Å². The van der Waals surface area contributed by atoms with E-state index in [-0.39, 0.29) is 28.1 Å². The highest BCUT2D eigenvalue weighted by Crippen LogP contribution is 2.31. The molecule has 0 atom stereocenters. The first-order valence-electron chi connectivity index (χ1n) is 5.81. The maximum Gasteiger partial charge on any atom is 0.405 e. The van der Waals surface area contributed by atoms with Gasteiger partial charge in [-0.2, -0.15) is 13.2 Å². The topological polar surface area (TPSA) is 53.1 Å². The fraction of sp³-hybridized carbons (Fsp3) is 0.417. The van der Waals surface area contributed by atoms with Crippen LogP contribution in [-0.4, -0.2) is 25.1 Å². The normalized spacial score (nSPS) is 11.5. The number of anilines is 1. The second-order valence-electron chi connectivity index (χ2n) is 4.21. The lowest BCUT2D eigenvalue weighted by Crippen LogP contribution is -2.35. The Morgan fingerprint density at radius 1 is 1.40 bits per heavy atom. The number of amidine groups is 1. The molecule has 0 amide bonds. The van der Waals surface area contributed by atoms with Crippen molar-refractivity contribution in [3.63, 3.8) is 0 Å². The number of hydrogen-bond acceptors (Lipinski definition) is 2. The van der Waals surface area contributed by atoms with Crippen LogP contribution in [-0.2, 0) is 0 Å². The summed E-state index contributed by atoms with van der Waals surface area (Å²) in [7, 11) is 0. The molecule has 112 valence electrons. The average Bonchev–Trinajstić information content (AvgIpc) is 2.30. The number of nitrogens with one attached hydrogen (secondary N) is 1. The third-order valence-corrected chi connectivity index (χ3v) is 3.33. The summed E-state index contributed by atoms with van der Waals surface area (Å²) in [5.74, 6) is -1.21. The summed E-state index contributed by atoms with van der Waals surface area (Å²) in [6, 6.07) is 2.53. The van der Waals surface area contributed by atoms with E-state index >= 15 is 0 Å². The summed E-state index contributed by atoms with van der Waals surface area (Å²) >= 11 is 2.93. The molecule has 20 heavy (non-hydrogen) atoms. The van der Waals surface area contributed by atoms with E-state index in [1.165, 1.54) is 12.1 Å². The lowest BCUT2D eigenvalue weighted by Gasteiger charge is -2.26. The van der Waals surface area contributed by atoms with Crippen LogP contribution in [0.15, 0.2) is 16.6 Å². The average molecular weight is 356 g/mol. The van der Waals surface area contributed by atoms with Crippen molar-refractivity contribution in [1.82, 2.24) is 0 Å². The molecule has 3 nitrogen and oxygen atoms in total. The van der Waals surface area contributed by atoms with Gasteiger partial charge >= 0.3 is 6.18 Å². The number of nitrogen functional groups attached to an aromatic ring is 1. The van der Waals surface area contributed by atoms with Gasteiger partial charge < -0.3 is 10.6 Å². The SMILES string of the molecule is CCCN(CC(F)(F)F)c1ccc(C(=N)N)c(Br)c1F. The van der Waals surface area contributed by atoms with Gasteiger partial charge in [-0.15, -0.1) is 0 Å². The molecule has 0 aliphatic carbocycles. The number of rotatable bonds is 5. The molecule has 0 radical (unpaired) electrons. The number of hydrogen-bond donors (Lipinski definition) is 2. The van der Waals surface area contributed by atoms with Crippen molar-refractivity contribution >= 4 is 27.5 Å². The summed E-state index contributed by atoms with van der Waals surface area (Å²) in [6.07, 6.45) is -3.98. The molecule has 3 N–H and O–H groups in total. The van der Waals surface area contributed by atoms with Crippen LogP contribution in [0.3, 0.4) is 0 Å². The first-order chi connectivity index (χ1) is 9.17. The molecule has 0 saturated carbocycles. The molecule has 0 fully saturated rings. The lowest BCUT2D eigenvalue weighted by molar-refractivity contribution is -0.119. The zero-order chi connectivity index (χ0) is 15.5. The molecular formula is C12H14BrF4N3. The zero-order valence-electron chi connectivity index (χ0n) is 10.7. The van der Waals surface area contributed by atoms with Gasteiger partial charge in [-0.3, -0.25) is 5.41 Å². The fourth-order valence-corrected chi connectivity index (χ4v) is 2.31. The summed E-state index contributed by atoms with van der Waals surface area (Å²) < 4.78 is 51.6. The number of nitrogens with two attached hydrogens (primary N) is 1. The first-order valence-corrected chi connectivity index (χ1v) is 6.60. The van der Waals surface area contributed by atoms with Crippen LogP contribution in [0.2, 0.25) is 0 Å². The Labute approximate surface area is 122 Å². The monoisotopic (exact) mass is 355 g/mol. The smallest absolute Gasteiger partial charge is 0.384 e. The minimum absolute atomic E-state index is 0.0717. The van der Waals surface area contributed by atoms with Crippen LogP contribution in [0.1, 0.15) is 18.9 Å². The van der Waals surface area contributed by atoms with E-state index in [1.807, 2.05) is 0 Å². The molecular weight excluding hydrogens is 342 g/mol. The molecule has 0 aliphatic rings.